The van der Waals surface area contributed by atoms with Crippen LogP contribution in [0.25, 0.3) is 11.0 Å². The molecule has 2 aromatic rings. The van der Waals surface area contributed by atoms with Crippen molar-refractivity contribution in [3.05, 3.63) is 30.1 Å². The molecule has 5 heteroatoms. The van der Waals surface area contributed by atoms with Gasteiger partial charge in [-0.25, -0.2) is 4.98 Å². The van der Waals surface area contributed by atoms with Crippen LogP contribution in [-0.2, 0) is 14.9 Å². The Bertz CT molecular complexity index is 677. The highest BCUT2D eigenvalue weighted by atomic mass is 16.5. The number of nitrogens with zero attached hydrogens (tertiary/aromatic N) is 2. The van der Waals surface area contributed by atoms with Gasteiger partial charge in [0.2, 0.25) is 0 Å². The Hall–Kier alpha value is -1.90. The largest absolute Gasteiger partial charge is 0.379 e. The van der Waals surface area contributed by atoms with Crippen LogP contribution in [0.3, 0.4) is 0 Å². The lowest BCUT2D eigenvalue weighted by atomic mass is 9.58. The second kappa shape index (κ2) is 3.56. The summed E-state index contributed by atoms with van der Waals surface area (Å²) in [4.78, 5) is 7.35. The number of nitriles is 1. The Morgan fingerprint density at radius 1 is 1.21 bits per heavy atom. The maximum absolute atomic E-state index is 9.57. The van der Waals surface area contributed by atoms with E-state index in [9.17, 15) is 5.26 Å². The number of nitrogens with one attached hydrogen (secondary N) is 1. The molecule has 0 bridgehead atoms. The van der Waals surface area contributed by atoms with Gasteiger partial charge in [0.1, 0.15) is 5.41 Å². The first-order chi connectivity index (χ1) is 9.30. The number of rotatable bonds is 2. The van der Waals surface area contributed by atoms with Crippen LogP contribution in [0.15, 0.2) is 24.5 Å². The Morgan fingerprint density at radius 2 is 2.00 bits per heavy atom. The molecule has 1 N–H and O–H groups in total. The smallest absolute Gasteiger partial charge is 0.118 e. The zero-order valence-corrected chi connectivity index (χ0v) is 10.3. The molecule has 2 aliphatic heterocycles. The van der Waals surface area contributed by atoms with Crippen molar-refractivity contribution in [3.8, 4) is 6.07 Å². The third-order valence-electron chi connectivity index (χ3n) is 4.50. The standard InChI is InChI=1S/C14H13N3O2/c15-4-13(5-18-6-13)14(7-19-8-14)10-1-2-11-12(3-10)17-9-16-11/h1-3,9H,5-8H2,(H,16,17). The van der Waals surface area contributed by atoms with Crippen LogP contribution >= 0.6 is 0 Å². The molecule has 4 rings (SSSR count). The molecular weight excluding hydrogens is 242 g/mol. The average molecular weight is 255 g/mol. The van der Waals surface area contributed by atoms with Gasteiger partial charge < -0.3 is 14.5 Å². The lowest BCUT2D eigenvalue weighted by Crippen LogP contribution is -2.66. The van der Waals surface area contributed by atoms with Crippen molar-refractivity contribution in [1.29, 1.82) is 5.26 Å². The molecule has 0 spiro atoms. The highest BCUT2D eigenvalue weighted by molar-refractivity contribution is 5.75. The van der Waals surface area contributed by atoms with E-state index in [2.05, 4.69) is 28.2 Å². The number of aromatic amines is 1. The van der Waals surface area contributed by atoms with Crippen molar-refractivity contribution in [3.63, 3.8) is 0 Å². The van der Waals surface area contributed by atoms with Gasteiger partial charge >= 0.3 is 0 Å². The minimum atomic E-state index is -0.445. The van der Waals surface area contributed by atoms with E-state index in [-0.39, 0.29) is 5.41 Å². The molecular formula is C14H13N3O2. The molecule has 0 amide bonds. The van der Waals surface area contributed by atoms with Gasteiger partial charge in [-0.2, -0.15) is 5.26 Å². The highest BCUT2D eigenvalue weighted by Gasteiger charge is 2.62. The monoisotopic (exact) mass is 255 g/mol. The topological polar surface area (TPSA) is 70.9 Å². The van der Waals surface area contributed by atoms with Crippen molar-refractivity contribution in [2.75, 3.05) is 26.4 Å². The molecule has 0 atom stereocenters. The first-order valence-corrected chi connectivity index (χ1v) is 6.30. The van der Waals surface area contributed by atoms with Crippen molar-refractivity contribution >= 4 is 11.0 Å². The molecule has 0 radical (unpaired) electrons. The summed E-state index contributed by atoms with van der Waals surface area (Å²) >= 11 is 0. The summed E-state index contributed by atoms with van der Waals surface area (Å²) in [5.41, 5.74) is 2.39. The summed E-state index contributed by atoms with van der Waals surface area (Å²) in [6, 6.07) is 8.60. The molecule has 2 saturated heterocycles. The maximum atomic E-state index is 9.57. The van der Waals surface area contributed by atoms with Crippen LogP contribution in [0.4, 0.5) is 0 Å². The van der Waals surface area contributed by atoms with E-state index < -0.39 is 5.41 Å². The SMILES string of the molecule is N#CC1(C2(c3ccc4nc[nH]c4c3)COC2)COC1. The number of hydrogen-bond acceptors (Lipinski definition) is 4. The van der Waals surface area contributed by atoms with Gasteiger partial charge in [0.25, 0.3) is 0 Å². The molecule has 5 nitrogen and oxygen atoms in total. The first-order valence-electron chi connectivity index (χ1n) is 6.30. The van der Waals surface area contributed by atoms with E-state index in [0.29, 0.717) is 26.4 Å². The van der Waals surface area contributed by atoms with E-state index in [0.717, 1.165) is 16.6 Å². The zero-order chi connectivity index (χ0) is 12.9. The number of hydrogen-bond donors (Lipinski definition) is 1. The minimum Gasteiger partial charge on any atom is -0.379 e. The Labute approximate surface area is 110 Å². The van der Waals surface area contributed by atoms with Crippen LogP contribution < -0.4 is 0 Å². The Kier molecular flexibility index (Phi) is 2.06. The van der Waals surface area contributed by atoms with Crippen LogP contribution in [-0.4, -0.2) is 36.4 Å². The fourth-order valence-electron chi connectivity index (χ4n) is 3.01. The van der Waals surface area contributed by atoms with Gasteiger partial charge in [0, 0.05) is 0 Å². The summed E-state index contributed by atoms with van der Waals surface area (Å²) in [6.45, 7) is 2.16. The van der Waals surface area contributed by atoms with Crippen LogP contribution in [0.1, 0.15) is 5.56 Å². The quantitative estimate of drug-likeness (QED) is 0.879. The first kappa shape index (κ1) is 11.0. The summed E-state index contributed by atoms with van der Waals surface area (Å²) in [5, 5.41) is 9.57. The molecule has 1 aromatic heterocycles. The van der Waals surface area contributed by atoms with Crippen molar-refractivity contribution in [2.24, 2.45) is 5.41 Å². The van der Waals surface area contributed by atoms with Gasteiger partial charge in [-0.1, -0.05) is 6.07 Å². The molecule has 0 aliphatic carbocycles. The minimum absolute atomic E-state index is 0.237. The number of ether oxygens (including phenoxy) is 2. The zero-order valence-electron chi connectivity index (χ0n) is 10.3. The summed E-state index contributed by atoms with van der Waals surface area (Å²) in [6.07, 6.45) is 1.69. The third kappa shape index (κ3) is 1.23. The van der Waals surface area contributed by atoms with E-state index in [4.69, 9.17) is 9.47 Å². The van der Waals surface area contributed by atoms with Crippen molar-refractivity contribution < 1.29 is 9.47 Å². The summed E-state index contributed by atoms with van der Waals surface area (Å²) in [7, 11) is 0. The molecule has 2 fully saturated rings. The number of imidazole rings is 1. The molecule has 3 heterocycles. The highest BCUT2D eigenvalue weighted by Crippen LogP contribution is 2.51. The summed E-state index contributed by atoms with van der Waals surface area (Å²) < 4.78 is 10.7. The molecule has 19 heavy (non-hydrogen) atoms. The summed E-state index contributed by atoms with van der Waals surface area (Å²) in [5.74, 6) is 0. The van der Waals surface area contributed by atoms with Gasteiger partial charge in [-0.3, -0.25) is 0 Å². The molecule has 2 aliphatic rings. The second-order valence-corrected chi connectivity index (χ2v) is 5.40. The predicted molar refractivity (Wildman–Crippen MR) is 67.5 cm³/mol. The Morgan fingerprint density at radius 3 is 2.58 bits per heavy atom. The van der Waals surface area contributed by atoms with E-state index in [1.807, 2.05) is 6.07 Å². The van der Waals surface area contributed by atoms with Crippen molar-refractivity contribution in [2.45, 2.75) is 5.41 Å². The fourth-order valence-corrected chi connectivity index (χ4v) is 3.01. The van der Waals surface area contributed by atoms with Crippen LogP contribution in [0, 0.1) is 16.7 Å². The van der Waals surface area contributed by atoms with Gasteiger partial charge in [0.15, 0.2) is 0 Å². The van der Waals surface area contributed by atoms with E-state index in [1.165, 1.54) is 0 Å². The molecule has 96 valence electrons. The molecule has 1 aromatic carbocycles. The van der Waals surface area contributed by atoms with Crippen LogP contribution in [0.5, 0.6) is 0 Å². The Balaban J connectivity index is 1.86. The third-order valence-corrected chi connectivity index (χ3v) is 4.50. The fraction of sp³-hybridized carbons (Fsp3) is 0.429. The van der Waals surface area contributed by atoms with E-state index in [1.54, 1.807) is 6.33 Å². The number of benzene rings is 1. The predicted octanol–water partition coefficient (Wildman–Crippen LogP) is 1.37. The second-order valence-electron chi connectivity index (χ2n) is 5.40. The molecule has 0 saturated carbocycles. The molecule has 0 unspecified atom stereocenters. The van der Waals surface area contributed by atoms with Crippen molar-refractivity contribution in [1.82, 2.24) is 9.97 Å². The van der Waals surface area contributed by atoms with E-state index >= 15 is 0 Å². The lowest BCUT2D eigenvalue weighted by Gasteiger charge is -2.55. The average Bonchev–Trinajstić information content (AvgIpc) is 2.78. The number of aromatic nitrogens is 2. The van der Waals surface area contributed by atoms with Gasteiger partial charge in [-0.15, -0.1) is 0 Å². The number of H-pyrrole nitrogens is 1. The lowest BCUT2D eigenvalue weighted by molar-refractivity contribution is -0.201. The maximum Gasteiger partial charge on any atom is 0.118 e. The normalized spacial score (nSPS) is 23.3. The number of fused-ring (bicyclic) bond motifs is 1. The van der Waals surface area contributed by atoms with Gasteiger partial charge in [-0.05, 0) is 17.7 Å². The van der Waals surface area contributed by atoms with Crippen LogP contribution in [0.2, 0.25) is 0 Å². The van der Waals surface area contributed by atoms with Gasteiger partial charge in [0.05, 0.1) is 55.3 Å².